The number of urea groups is 1. The van der Waals surface area contributed by atoms with Crippen molar-refractivity contribution >= 4 is 45.7 Å². The van der Waals surface area contributed by atoms with Gasteiger partial charge < -0.3 is 15.4 Å². The van der Waals surface area contributed by atoms with Crippen molar-refractivity contribution in [1.82, 2.24) is 10.3 Å². The van der Waals surface area contributed by atoms with E-state index in [-0.39, 0.29) is 5.91 Å². The van der Waals surface area contributed by atoms with E-state index < -0.39 is 6.03 Å². The fraction of sp³-hybridized carbons (Fsp3) is 0.227. The van der Waals surface area contributed by atoms with Crippen molar-refractivity contribution in [3.05, 3.63) is 70.2 Å². The molecular formula is C22H23ClN4O3S. The van der Waals surface area contributed by atoms with E-state index in [1.165, 1.54) is 11.3 Å². The summed E-state index contributed by atoms with van der Waals surface area (Å²) in [5.74, 6) is 0.773. The molecule has 7 nitrogen and oxygen atoms in total. The second kappa shape index (κ2) is 11.3. The lowest BCUT2D eigenvalue weighted by molar-refractivity contribution is -0.121. The molecule has 0 saturated heterocycles. The number of anilines is 2. The van der Waals surface area contributed by atoms with Crippen molar-refractivity contribution in [3.8, 4) is 5.75 Å². The van der Waals surface area contributed by atoms with Crippen LogP contribution < -0.4 is 20.7 Å². The molecule has 3 N–H and O–H groups in total. The number of aromatic nitrogens is 1. The molecule has 0 fully saturated rings. The van der Waals surface area contributed by atoms with E-state index in [9.17, 15) is 9.59 Å². The van der Waals surface area contributed by atoms with Gasteiger partial charge in [0.1, 0.15) is 5.75 Å². The first kappa shape index (κ1) is 22.6. The van der Waals surface area contributed by atoms with E-state index in [0.29, 0.717) is 41.6 Å². The van der Waals surface area contributed by atoms with Crippen LogP contribution in [0.25, 0.3) is 0 Å². The molecule has 0 aliphatic carbocycles. The summed E-state index contributed by atoms with van der Waals surface area (Å²) in [5, 5.41) is 11.1. The quantitative estimate of drug-likeness (QED) is 0.431. The van der Waals surface area contributed by atoms with Gasteiger partial charge in [0.15, 0.2) is 5.13 Å². The number of halogens is 1. The lowest BCUT2D eigenvalue weighted by Crippen LogP contribution is -2.26. The summed E-state index contributed by atoms with van der Waals surface area (Å²) in [4.78, 5) is 28.6. The van der Waals surface area contributed by atoms with Gasteiger partial charge in [0.2, 0.25) is 5.91 Å². The zero-order valence-corrected chi connectivity index (χ0v) is 18.6. The molecule has 2 aromatic carbocycles. The van der Waals surface area contributed by atoms with Crippen LogP contribution in [0.5, 0.6) is 5.75 Å². The average molecular weight is 459 g/mol. The minimum Gasteiger partial charge on any atom is -0.496 e. The Morgan fingerprint density at radius 1 is 1.10 bits per heavy atom. The molecule has 0 spiro atoms. The summed E-state index contributed by atoms with van der Waals surface area (Å²) in [7, 11) is 1.63. The summed E-state index contributed by atoms with van der Waals surface area (Å²) < 4.78 is 5.32. The maximum atomic E-state index is 12.1. The number of amides is 3. The largest absolute Gasteiger partial charge is 0.496 e. The first-order valence-electron chi connectivity index (χ1n) is 9.70. The van der Waals surface area contributed by atoms with Crippen LogP contribution in [0.1, 0.15) is 17.7 Å². The standard InChI is InChI=1S/C22H23ClN4O3S/c1-30-19-8-3-2-5-15(19)11-12-24-20(28)10-9-18-14-31-22(26-18)27-21(29)25-17-7-4-6-16(23)13-17/h2-8,13-14H,9-12H2,1H3,(H,24,28)(H2,25,26,27,29). The van der Waals surface area contributed by atoms with Crippen LogP contribution in [-0.2, 0) is 17.6 Å². The maximum absolute atomic E-state index is 12.1. The predicted molar refractivity (Wildman–Crippen MR) is 124 cm³/mol. The predicted octanol–water partition coefficient (Wildman–Crippen LogP) is 4.74. The van der Waals surface area contributed by atoms with Crippen molar-refractivity contribution in [2.24, 2.45) is 0 Å². The lowest BCUT2D eigenvalue weighted by Gasteiger charge is -2.09. The molecule has 0 unspecified atom stereocenters. The molecule has 9 heteroatoms. The van der Waals surface area contributed by atoms with Crippen LogP contribution in [0.3, 0.4) is 0 Å². The summed E-state index contributed by atoms with van der Waals surface area (Å²) in [6.07, 6.45) is 1.51. The zero-order chi connectivity index (χ0) is 22.1. The maximum Gasteiger partial charge on any atom is 0.325 e. The van der Waals surface area contributed by atoms with Crippen molar-refractivity contribution in [1.29, 1.82) is 0 Å². The highest BCUT2D eigenvalue weighted by Crippen LogP contribution is 2.19. The first-order chi connectivity index (χ1) is 15.0. The third-order valence-electron chi connectivity index (χ3n) is 4.37. The van der Waals surface area contributed by atoms with Crippen molar-refractivity contribution in [2.75, 3.05) is 24.3 Å². The molecule has 0 aliphatic rings. The Hall–Kier alpha value is -3.10. The average Bonchev–Trinajstić information content (AvgIpc) is 3.19. The molecule has 162 valence electrons. The van der Waals surface area contributed by atoms with E-state index in [4.69, 9.17) is 16.3 Å². The number of hydrogen-bond donors (Lipinski definition) is 3. The summed E-state index contributed by atoms with van der Waals surface area (Å²) in [6.45, 7) is 0.534. The van der Waals surface area contributed by atoms with Gasteiger partial charge in [-0.15, -0.1) is 11.3 Å². The SMILES string of the molecule is COc1ccccc1CCNC(=O)CCc1csc(NC(=O)Nc2cccc(Cl)c2)n1. The molecule has 3 aromatic rings. The minimum atomic E-state index is -0.405. The van der Waals surface area contributed by atoms with Gasteiger partial charge >= 0.3 is 6.03 Å². The molecule has 0 saturated carbocycles. The molecule has 0 aliphatic heterocycles. The smallest absolute Gasteiger partial charge is 0.325 e. The highest BCUT2D eigenvalue weighted by molar-refractivity contribution is 7.13. The van der Waals surface area contributed by atoms with Gasteiger partial charge in [-0.05, 0) is 42.7 Å². The molecule has 1 aromatic heterocycles. The molecule has 0 bridgehead atoms. The number of carbonyl (C=O) groups is 2. The van der Waals surface area contributed by atoms with Crippen molar-refractivity contribution < 1.29 is 14.3 Å². The van der Waals surface area contributed by atoms with Gasteiger partial charge in [-0.25, -0.2) is 9.78 Å². The number of ether oxygens (including phenoxy) is 1. The number of thiazole rings is 1. The fourth-order valence-corrected chi connectivity index (χ4v) is 3.81. The van der Waals surface area contributed by atoms with E-state index in [1.807, 2.05) is 29.6 Å². The Morgan fingerprint density at radius 3 is 2.74 bits per heavy atom. The Balaban J connectivity index is 1.39. The Kier molecular flexibility index (Phi) is 8.26. The molecule has 0 atom stereocenters. The van der Waals surface area contributed by atoms with E-state index in [2.05, 4.69) is 20.9 Å². The minimum absolute atomic E-state index is 0.0453. The number of nitrogens with one attached hydrogen (secondary N) is 3. The van der Waals surface area contributed by atoms with E-state index >= 15 is 0 Å². The number of rotatable bonds is 9. The van der Waals surface area contributed by atoms with Gasteiger partial charge in [-0.3, -0.25) is 10.1 Å². The second-order valence-corrected chi connectivity index (χ2v) is 7.94. The highest BCUT2D eigenvalue weighted by atomic mass is 35.5. The Morgan fingerprint density at radius 2 is 1.94 bits per heavy atom. The third-order valence-corrected chi connectivity index (χ3v) is 5.41. The molecule has 31 heavy (non-hydrogen) atoms. The number of benzene rings is 2. The number of methoxy groups -OCH3 is 1. The van der Waals surface area contributed by atoms with Crippen LogP contribution in [0, 0.1) is 0 Å². The summed E-state index contributed by atoms with van der Waals surface area (Å²) in [5.41, 5.74) is 2.39. The van der Waals surface area contributed by atoms with E-state index in [1.54, 1.807) is 31.4 Å². The topological polar surface area (TPSA) is 92.4 Å². The third kappa shape index (κ3) is 7.27. The van der Waals surface area contributed by atoms with Gasteiger partial charge in [-0.1, -0.05) is 35.9 Å². The van der Waals surface area contributed by atoms with Crippen molar-refractivity contribution in [3.63, 3.8) is 0 Å². The van der Waals surface area contributed by atoms with Crippen LogP contribution in [-0.4, -0.2) is 30.6 Å². The van der Waals surface area contributed by atoms with Gasteiger partial charge in [-0.2, -0.15) is 0 Å². The Labute approximate surface area is 189 Å². The van der Waals surface area contributed by atoms with Gasteiger partial charge in [0, 0.05) is 29.1 Å². The highest BCUT2D eigenvalue weighted by Gasteiger charge is 2.09. The van der Waals surface area contributed by atoms with Crippen molar-refractivity contribution in [2.45, 2.75) is 19.3 Å². The zero-order valence-electron chi connectivity index (χ0n) is 17.0. The number of aryl methyl sites for hydroxylation is 1. The molecule has 3 rings (SSSR count). The fourth-order valence-electron chi connectivity index (χ4n) is 2.88. The van der Waals surface area contributed by atoms with Gasteiger partial charge in [0.05, 0.1) is 12.8 Å². The Bertz CT molecular complexity index is 1040. The molecule has 1 heterocycles. The number of hydrogen-bond acceptors (Lipinski definition) is 5. The summed E-state index contributed by atoms with van der Waals surface area (Å²) >= 11 is 7.22. The van der Waals surface area contributed by atoms with Crippen LogP contribution in [0.2, 0.25) is 5.02 Å². The molecule has 0 radical (unpaired) electrons. The van der Waals surface area contributed by atoms with Crippen LogP contribution in [0.15, 0.2) is 53.9 Å². The monoisotopic (exact) mass is 458 g/mol. The van der Waals surface area contributed by atoms with Crippen LogP contribution in [0.4, 0.5) is 15.6 Å². The van der Waals surface area contributed by atoms with Crippen LogP contribution >= 0.6 is 22.9 Å². The number of nitrogens with zero attached hydrogens (tertiary/aromatic N) is 1. The lowest BCUT2D eigenvalue weighted by atomic mass is 10.1. The normalized spacial score (nSPS) is 10.4. The van der Waals surface area contributed by atoms with E-state index in [0.717, 1.165) is 17.0 Å². The summed E-state index contributed by atoms with van der Waals surface area (Å²) in [6, 6.07) is 14.2. The molecule has 3 amide bonds. The first-order valence-corrected chi connectivity index (χ1v) is 11.0. The van der Waals surface area contributed by atoms with Gasteiger partial charge in [0.25, 0.3) is 0 Å². The number of para-hydroxylation sites is 1. The second-order valence-electron chi connectivity index (χ2n) is 6.65. The molecular weight excluding hydrogens is 436 g/mol. The number of carbonyl (C=O) groups excluding carboxylic acids is 2.